The summed E-state index contributed by atoms with van der Waals surface area (Å²) < 4.78 is 1.73. The summed E-state index contributed by atoms with van der Waals surface area (Å²) in [6.45, 7) is 0.280. The molecule has 122 valence electrons. The molecule has 24 heavy (non-hydrogen) atoms. The highest BCUT2D eigenvalue weighted by molar-refractivity contribution is 6.35. The van der Waals surface area contributed by atoms with Gasteiger partial charge in [0.05, 0.1) is 34.2 Å². The lowest BCUT2D eigenvalue weighted by Gasteiger charge is -2.05. The molecule has 0 spiro atoms. The van der Waals surface area contributed by atoms with Crippen LogP contribution in [0, 0.1) is 0 Å². The van der Waals surface area contributed by atoms with Crippen LogP contribution in [0.4, 0.5) is 0 Å². The van der Waals surface area contributed by atoms with Crippen LogP contribution >= 0.6 is 23.2 Å². The van der Waals surface area contributed by atoms with E-state index in [0.29, 0.717) is 15.6 Å². The minimum Gasteiger partial charge on any atom is -0.346 e. The molecule has 7 heteroatoms. The molecule has 0 aliphatic heterocycles. The molecule has 1 N–H and O–H groups in total. The maximum Gasteiger partial charge on any atom is 0.253 e. The fraction of sp³-hybridized carbons (Fsp3) is 0.118. The molecular formula is C17H14Cl2N4O. The first-order valence-corrected chi connectivity index (χ1v) is 7.98. The fourth-order valence-corrected chi connectivity index (χ4v) is 2.68. The zero-order valence-electron chi connectivity index (χ0n) is 12.8. The average molecular weight is 361 g/mol. The second kappa shape index (κ2) is 7.03. The third-order valence-corrected chi connectivity index (χ3v) is 4.03. The van der Waals surface area contributed by atoms with Crippen molar-refractivity contribution in [2.24, 2.45) is 7.05 Å². The predicted octanol–water partition coefficient (Wildman–Crippen LogP) is 3.72. The van der Waals surface area contributed by atoms with Gasteiger partial charge in [-0.1, -0.05) is 29.3 Å². The van der Waals surface area contributed by atoms with E-state index in [4.69, 9.17) is 23.2 Å². The number of rotatable bonds is 4. The van der Waals surface area contributed by atoms with E-state index in [9.17, 15) is 4.79 Å². The van der Waals surface area contributed by atoms with Crippen molar-refractivity contribution in [3.05, 3.63) is 70.0 Å². The SMILES string of the molecule is Cn1nc(CNC(=O)c2cc(Cl)ccc2Cl)cc1-c1ccccn1. The normalized spacial score (nSPS) is 10.6. The molecule has 0 radical (unpaired) electrons. The molecule has 1 amide bonds. The highest BCUT2D eigenvalue weighted by Crippen LogP contribution is 2.21. The number of nitrogens with one attached hydrogen (secondary N) is 1. The van der Waals surface area contributed by atoms with Gasteiger partial charge in [-0.3, -0.25) is 14.5 Å². The number of aryl methyl sites for hydroxylation is 1. The Morgan fingerprint density at radius 2 is 2.04 bits per heavy atom. The number of halogens is 2. The standard InChI is InChI=1S/C17H14Cl2N4O/c1-23-16(15-4-2-3-7-20-15)9-12(22-23)10-21-17(24)13-8-11(18)5-6-14(13)19/h2-9H,10H2,1H3,(H,21,24). The van der Waals surface area contributed by atoms with E-state index in [1.807, 2.05) is 31.3 Å². The molecule has 0 aliphatic rings. The minimum atomic E-state index is -0.299. The van der Waals surface area contributed by atoms with Crippen LogP contribution in [0.1, 0.15) is 16.1 Å². The zero-order valence-corrected chi connectivity index (χ0v) is 14.3. The molecule has 0 saturated heterocycles. The zero-order chi connectivity index (χ0) is 17.1. The van der Waals surface area contributed by atoms with Crippen LogP contribution in [0.2, 0.25) is 10.0 Å². The van der Waals surface area contributed by atoms with Crippen LogP contribution in [0.3, 0.4) is 0 Å². The van der Waals surface area contributed by atoms with E-state index in [1.54, 1.807) is 23.0 Å². The Morgan fingerprint density at radius 1 is 1.21 bits per heavy atom. The smallest absolute Gasteiger partial charge is 0.253 e. The molecule has 0 saturated carbocycles. The van der Waals surface area contributed by atoms with Crippen molar-refractivity contribution in [2.45, 2.75) is 6.54 Å². The van der Waals surface area contributed by atoms with Gasteiger partial charge in [-0.2, -0.15) is 5.10 Å². The molecule has 0 fully saturated rings. The fourth-order valence-electron chi connectivity index (χ4n) is 2.30. The number of carbonyl (C=O) groups is 1. The van der Waals surface area contributed by atoms with Crippen molar-refractivity contribution < 1.29 is 4.79 Å². The third-order valence-electron chi connectivity index (χ3n) is 3.46. The number of aromatic nitrogens is 3. The lowest BCUT2D eigenvalue weighted by Crippen LogP contribution is -2.23. The van der Waals surface area contributed by atoms with Crippen molar-refractivity contribution in [1.29, 1.82) is 0 Å². The topological polar surface area (TPSA) is 59.8 Å². The van der Waals surface area contributed by atoms with E-state index in [0.717, 1.165) is 17.1 Å². The predicted molar refractivity (Wildman–Crippen MR) is 94.1 cm³/mol. The van der Waals surface area contributed by atoms with Crippen LogP contribution in [0.25, 0.3) is 11.4 Å². The van der Waals surface area contributed by atoms with Gasteiger partial charge in [0.25, 0.3) is 5.91 Å². The van der Waals surface area contributed by atoms with Crippen molar-refractivity contribution in [3.8, 4) is 11.4 Å². The lowest BCUT2D eigenvalue weighted by molar-refractivity contribution is 0.0950. The number of hydrogen-bond donors (Lipinski definition) is 1. The quantitative estimate of drug-likeness (QED) is 0.771. The summed E-state index contributed by atoms with van der Waals surface area (Å²) in [5.41, 5.74) is 2.76. The van der Waals surface area contributed by atoms with E-state index in [1.165, 1.54) is 6.07 Å². The van der Waals surface area contributed by atoms with Crippen LogP contribution < -0.4 is 5.32 Å². The molecule has 2 heterocycles. The van der Waals surface area contributed by atoms with Crippen molar-refractivity contribution in [1.82, 2.24) is 20.1 Å². The number of benzene rings is 1. The number of carbonyl (C=O) groups excluding carboxylic acids is 1. The first-order chi connectivity index (χ1) is 11.5. The Morgan fingerprint density at radius 3 is 2.79 bits per heavy atom. The summed E-state index contributed by atoms with van der Waals surface area (Å²) in [5.74, 6) is -0.299. The van der Waals surface area contributed by atoms with Crippen LogP contribution in [0.5, 0.6) is 0 Å². The monoisotopic (exact) mass is 360 g/mol. The Bertz CT molecular complexity index is 878. The highest BCUT2D eigenvalue weighted by atomic mass is 35.5. The van der Waals surface area contributed by atoms with Crippen molar-refractivity contribution in [3.63, 3.8) is 0 Å². The van der Waals surface area contributed by atoms with Gasteiger partial charge in [0, 0.05) is 18.3 Å². The minimum absolute atomic E-state index is 0.280. The Hall–Kier alpha value is -2.37. The van der Waals surface area contributed by atoms with Gasteiger partial charge >= 0.3 is 0 Å². The molecule has 2 aromatic heterocycles. The van der Waals surface area contributed by atoms with Gasteiger partial charge in [0.2, 0.25) is 0 Å². The first-order valence-electron chi connectivity index (χ1n) is 7.22. The van der Waals surface area contributed by atoms with E-state index in [2.05, 4.69) is 15.4 Å². The number of amides is 1. The van der Waals surface area contributed by atoms with Gasteiger partial charge < -0.3 is 5.32 Å². The van der Waals surface area contributed by atoms with Crippen LogP contribution in [0.15, 0.2) is 48.7 Å². The molecule has 0 unspecified atom stereocenters. The Balaban J connectivity index is 1.73. The van der Waals surface area contributed by atoms with Crippen LogP contribution in [-0.4, -0.2) is 20.7 Å². The van der Waals surface area contributed by atoms with Gasteiger partial charge in [0.1, 0.15) is 0 Å². The maximum absolute atomic E-state index is 12.3. The third kappa shape index (κ3) is 3.58. The molecule has 1 aromatic carbocycles. The summed E-state index contributed by atoms with van der Waals surface area (Å²) in [6.07, 6.45) is 1.73. The van der Waals surface area contributed by atoms with E-state index >= 15 is 0 Å². The Kier molecular flexibility index (Phi) is 4.83. The van der Waals surface area contributed by atoms with Gasteiger partial charge in [0.15, 0.2) is 0 Å². The van der Waals surface area contributed by atoms with E-state index in [-0.39, 0.29) is 12.5 Å². The molecular weight excluding hydrogens is 347 g/mol. The van der Waals surface area contributed by atoms with E-state index < -0.39 is 0 Å². The van der Waals surface area contributed by atoms with Crippen LogP contribution in [-0.2, 0) is 13.6 Å². The highest BCUT2D eigenvalue weighted by Gasteiger charge is 2.13. The molecule has 0 bridgehead atoms. The first kappa shape index (κ1) is 16.5. The van der Waals surface area contributed by atoms with Gasteiger partial charge in [-0.05, 0) is 36.4 Å². The molecule has 3 aromatic rings. The van der Waals surface area contributed by atoms with Gasteiger partial charge in [-0.15, -0.1) is 0 Å². The summed E-state index contributed by atoms with van der Waals surface area (Å²) in [6, 6.07) is 12.3. The van der Waals surface area contributed by atoms with Crippen molar-refractivity contribution >= 4 is 29.1 Å². The summed E-state index contributed by atoms with van der Waals surface area (Å²) in [5, 5.41) is 8.00. The number of hydrogen-bond acceptors (Lipinski definition) is 3. The summed E-state index contributed by atoms with van der Waals surface area (Å²) >= 11 is 11.9. The largest absolute Gasteiger partial charge is 0.346 e. The molecule has 0 atom stereocenters. The van der Waals surface area contributed by atoms with Gasteiger partial charge in [-0.25, -0.2) is 0 Å². The molecule has 5 nitrogen and oxygen atoms in total. The average Bonchev–Trinajstić information content (AvgIpc) is 2.96. The maximum atomic E-state index is 12.3. The number of nitrogens with zero attached hydrogens (tertiary/aromatic N) is 3. The second-order valence-corrected chi connectivity index (χ2v) is 6.01. The summed E-state index contributed by atoms with van der Waals surface area (Å²) in [7, 11) is 1.84. The van der Waals surface area contributed by atoms with Crippen molar-refractivity contribution in [2.75, 3.05) is 0 Å². The number of pyridine rings is 1. The summed E-state index contributed by atoms with van der Waals surface area (Å²) in [4.78, 5) is 16.6. The molecule has 3 rings (SSSR count). The molecule has 0 aliphatic carbocycles. The second-order valence-electron chi connectivity index (χ2n) is 5.17. The Labute approximate surface area is 149 Å². The lowest BCUT2D eigenvalue weighted by atomic mass is 10.2.